The van der Waals surface area contributed by atoms with E-state index in [4.69, 9.17) is 4.52 Å². The number of benzene rings is 2. The largest absolute Gasteiger partial charge is 0.334 e. The summed E-state index contributed by atoms with van der Waals surface area (Å²) < 4.78 is 18.5. The van der Waals surface area contributed by atoms with E-state index >= 15 is 0 Å². The van der Waals surface area contributed by atoms with Crippen LogP contribution in [0.4, 0.5) is 4.39 Å². The Morgan fingerprint density at radius 3 is 2.58 bits per heavy atom. The van der Waals surface area contributed by atoms with Gasteiger partial charge in [0.05, 0.1) is 0 Å². The molecule has 0 aliphatic heterocycles. The number of hydrogen-bond acceptors (Lipinski definition) is 4. The van der Waals surface area contributed by atoms with E-state index in [1.165, 1.54) is 24.1 Å². The minimum Gasteiger partial charge on any atom is -0.334 e. The second-order valence-corrected chi connectivity index (χ2v) is 7.45. The first-order chi connectivity index (χ1) is 12.7. The third-order valence-corrected chi connectivity index (χ3v) is 5.57. The molecule has 3 aromatic rings. The van der Waals surface area contributed by atoms with E-state index in [1.54, 1.807) is 12.1 Å². The number of rotatable bonds is 6. The zero-order valence-corrected chi connectivity index (χ0v) is 14.4. The first-order valence-corrected chi connectivity index (χ1v) is 9.12. The molecule has 1 aromatic heterocycles. The molecule has 0 spiro atoms. The zero-order valence-electron chi connectivity index (χ0n) is 14.4. The SMILES string of the molecule is Fc1ccc(-c2nc(C3(CN[C@H]4CC4c4ccccc4)CC3)no2)cc1. The van der Waals surface area contributed by atoms with E-state index in [0.717, 1.165) is 30.8 Å². The van der Waals surface area contributed by atoms with Gasteiger partial charge >= 0.3 is 0 Å². The normalized spacial score (nSPS) is 23.0. The molecule has 1 heterocycles. The monoisotopic (exact) mass is 349 g/mol. The fourth-order valence-corrected chi connectivity index (χ4v) is 3.59. The van der Waals surface area contributed by atoms with Gasteiger partial charge in [0, 0.05) is 29.5 Å². The Morgan fingerprint density at radius 1 is 1.08 bits per heavy atom. The van der Waals surface area contributed by atoms with Crippen molar-refractivity contribution in [3.05, 3.63) is 71.8 Å². The number of halogens is 1. The summed E-state index contributed by atoms with van der Waals surface area (Å²) in [4.78, 5) is 4.58. The van der Waals surface area contributed by atoms with Crippen LogP contribution in [0, 0.1) is 5.82 Å². The predicted molar refractivity (Wildman–Crippen MR) is 96.2 cm³/mol. The Kier molecular flexibility index (Phi) is 3.64. The number of nitrogens with zero attached hydrogens (tertiary/aromatic N) is 2. The van der Waals surface area contributed by atoms with Crippen LogP contribution in [0.1, 0.15) is 36.6 Å². The topological polar surface area (TPSA) is 51.0 Å². The van der Waals surface area contributed by atoms with Gasteiger partial charge in [-0.3, -0.25) is 0 Å². The molecule has 2 aromatic carbocycles. The molecule has 2 aliphatic rings. The molecule has 1 N–H and O–H groups in total. The minimum atomic E-state index is -0.270. The first-order valence-electron chi connectivity index (χ1n) is 9.12. The molecule has 1 unspecified atom stereocenters. The summed E-state index contributed by atoms with van der Waals surface area (Å²) in [7, 11) is 0. The molecule has 0 bridgehead atoms. The maximum Gasteiger partial charge on any atom is 0.257 e. The molecule has 0 saturated heterocycles. The Hall–Kier alpha value is -2.53. The Balaban J connectivity index is 1.24. The maximum absolute atomic E-state index is 13.1. The second kappa shape index (κ2) is 6.02. The van der Waals surface area contributed by atoms with Gasteiger partial charge in [0.1, 0.15) is 5.82 Å². The highest BCUT2D eigenvalue weighted by molar-refractivity contribution is 5.52. The first kappa shape index (κ1) is 15.7. The van der Waals surface area contributed by atoms with Gasteiger partial charge in [-0.25, -0.2) is 4.39 Å². The van der Waals surface area contributed by atoms with Crippen LogP contribution in [-0.2, 0) is 5.41 Å². The van der Waals surface area contributed by atoms with Crippen LogP contribution in [0.2, 0.25) is 0 Å². The van der Waals surface area contributed by atoms with Crippen molar-refractivity contribution in [2.24, 2.45) is 0 Å². The van der Waals surface area contributed by atoms with E-state index in [0.29, 0.717) is 17.9 Å². The van der Waals surface area contributed by atoms with E-state index in [2.05, 4.69) is 45.8 Å². The maximum atomic E-state index is 13.1. The molecule has 2 aliphatic carbocycles. The molecule has 0 amide bonds. The summed E-state index contributed by atoms with van der Waals surface area (Å²) >= 11 is 0. The standard InChI is InChI=1S/C21H20FN3O/c22-16-8-6-15(7-9-16)19-24-20(25-26-19)21(10-11-21)13-23-18-12-17(18)14-4-2-1-3-5-14/h1-9,17-18,23H,10-13H2/t17?,18-/m0/s1. The molecule has 0 radical (unpaired) electrons. The van der Waals surface area contributed by atoms with Crippen LogP contribution in [-0.4, -0.2) is 22.7 Å². The lowest BCUT2D eigenvalue weighted by Crippen LogP contribution is -2.30. The summed E-state index contributed by atoms with van der Waals surface area (Å²) in [5, 5.41) is 7.90. The Labute approximate surface area is 151 Å². The lowest BCUT2D eigenvalue weighted by molar-refractivity contribution is 0.409. The fourth-order valence-electron chi connectivity index (χ4n) is 3.59. The molecular formula is C21H20FN3O. The Bertz CT molecular complexity index is 903. The summed E-state index contributed by atoms with van der Waals surface area (Å²) in [5.74, 6) is 1.57. The van der Waals surface area contributed by atoms with Crippen LogP contribution in [0.25, 0.3) is 11.5 Å². The van der Waals surface area contributed by atoms with Crippen molar-refractivity contribution >= 4 is 0 Å². The van der Waals surface area contributed by atoms with E-state index in [9.17, 15) is 4.39 Å². The third-order valence-electron chi connectivity index (χ3n) is 5.57. The van der Waals surface area contributed by atoms with Crippen molar-refractivity contribution in [3.8, 4) is 11.5 Å². The molecule has 26 heavy (non-hydrogen) atoms. The van der Waals surface area contributed by atoms with Crippen molar-refractivity contribution < 1.29 is 8.91 Å². The lowest BCUT2D eigenvalue weighted by atomic mass is 10.1. The van der Waals surface area contributed by atoms with Gasteiger partial charge in [-0.05, 0) is 49.1 Å². The van der Waals surface area contributed by atoms with E-state index in [-0.39, 0.29) is 11.2 Å². The fraction of sp³-hybridized carbons (Fsp3) is 0.333. The second-order valence-electron chi connectivity index (χ2n) is 7.45. The van der Waals surface area contributed by atoms with Crippen LogP contribution >= 0.6 is 0 Å². The van der Waals surface area contributed by atoms with Gasteiger partial charge < -0.3 is 9.84 Å². The quantitative estimate of drug-likeness (QED) is 0.729. The summed E-state index contributed by atoms with van der Waals surface area (Å²) in [6.45, 7) is 0.878. The third kappa shape index (κ3) is 2.92. The molecule has 132 valence electrons. The molecule has 4 nitrogen and oxygen atoms in total. The van der Waals surface area contributed by atoms with Gasteiger partial charge in [0.2, 0.25) is 0 Å². The van der Waals surface area contributed by atoms with Gasteiger partial charge in [-0.2, -0.15) is 4.98 Å². The Morgan fingerprint density at radius 2 is 1.85 bits per heavy atom. The highest BCUT2D eigenvalue weighted by Gasteiger charge is 2.50. The number of nitrogens with one attached hydrogen (secondary N) is 1. The average Bonchev–Trinajstić information content (AvgIpc) is 3.59. The smallest absolute Gasteiger partial charge is 0.257 e. The average molecular weight is 349 g/mol. The summed E-state index contributed by atoms with van der Waals surface area (Å²) in [6, 6.07) is 17.3. The van der Waals surface area contributed by atoms with Crippen molar-refractivity contribution in [1.82, 2.24) is 15.5 Å². The van der Waals surface area contributed by atoms with Gasteiger partial charge in [0.25, 0.3) is 5.89 Å². The number of aromatic nitrogens is 2. The van der Waals surface area contributed by atoms with Crippen molar-refractivity contribution in [1.29, 1.82) is 0 Å². The van der Waals surface area contributed by atoms with Crippen molar-refractivity contribution in [2.45, 2.75) is 36.6 Å². The van der Waals surface area contributed by atoms with E-state index < -0.39 is 0 Å². The summed E-state index contributed by atoms with van der Waals surface area (Å²) in [5.41, 5.74) is 2.15. The zero-order chi connectivity index (χ0) is 17.6. The minimum absolute atomic E-state index is 0.00833. The summed E-state index contributed by atoms with van der Waals surface area (Å²) in [6.07, 6.45) is 3.34. The van der Waals surface area contributed by atoms with Gasteiger partial charge in [0.15, 0.2) is 5.82 Å². The van der Waals surface area contributed by atoms with Crippen LogP contribution in [0.15, 0.2) is 59.1 Å². The van der Waals surface area contributed by atoms with Crippen molar-refractivity contribution in [3.63, 3.8) is 0 Å². The molecule has 2 fully saturated rings. The highest BCUT2D eigenvalue weighted by Crippen LogP contribution is 2.48. The molecule has 5 rings (SSSR count). The molecular weight excluding hydrogens is 329 g/mol. The van der Waals surface area contributed by atoms with Crippen LogP contribution < -0.4 is 5.32 Å². The lowest BCUT2D eigenvalue weighted by Gasteiger charge is -2.12. The van der Waals surface area contributed by atoms with E-state index in [1.807, 2.05) is 0 Å². The number of hydrogen-bond donors (Lipinski definition) is 1. The highest BCUT2D eigenvalue weighted by atomic mass is 19.1. The van der Waals surface area contributed by atoms with Gasteiger partial charge in [-0.15, -0.1) is 0 Å². The van der Waals surface area contributed by atoms with Crippen molar-refractivity contribution in [2.75, 3.05) is 6.54 Å². The molecule has 2 atom stereocenters. The van der Waals surface area contributed by atoms with Gasteiger partial charge in [-0.1, -0.05) is 35.5 Å². The molecule has 5 heteroatoms. The van der Waals surface area contributed by atoms with Crippen LogP contribution in [0.3, 0.4) is 0 Å². The van der Waals surface area contributed by atoms with Crippen LogP contribution in [0.5, 0.6) is 0 Å². The molecule has 2 saturated carbocycles. The predicted octanol–water partition coefficient (Wildman–Crippen LogP) is 4.05.